The number of fused-ring (bicyclic) bond motifs is 1. The Kier molecular flexibility index (Phi) is 3.90. The van der Waals surface area contributed by atoms with Gasteiger partial charge in [-0.3, -0.25) is 5.43 Å². The third-order valence-corrected chi connectivity index (χ3v) is 3.29. The topological polar surface area (TPSA) is 45.6 Å². The van der Waals surface area contributed by atoms with E-state index in [1.807, 2.05) is 0 Å². The lowest BCUT2D eigenvalue weighted by Crippen LogP contribution is -2.39. The molecular weight excluding hydrogens is 222 g/mol. The number of nitrogens with one attached hydrogen (secondary N) is 2. The van der Waals surface area contributed by atoms with Gasteiger partial charge >= 0.3 is 0 Å². The third-order valence-electron chi connectivity index (χ3n) is 3.06. The van der Waals surface area contributed by atoms with Crippen LogP contribution in [0.3, 0.4) is 0 Å². The second-order valence-corrected chi connectivity index (χ2v) is 4.51. The third kappa shape index (κ3) is 2.59. The zero-order valence-corrected chi connectivity index (χ0v) is 10.2. The molecule has 0 radical (unpaired) electrons. The van der Waals surface area contributed by atoms with E-state index in [9.17, 15) is 0 Å². The normalized spacial score (nSPS) is 28.7. The number of allylic oxidation sites excluding steroid dienone is 2. The number of nitrogens with zero attached hydrogens (tertiary/aromatic N) is 1. The standard InChI is InChI=1S/C11H17N3OS/c1-15-6-5-12-11(16)14-13-10-7-8-3-2-4-9(8)10/h2-3,8-9H,4-7H2,1H3,(H2,12,14,16)/b13-10-/t8-,9+/m1/s1. The fraction of sp³-hybridized carbons (Fsp3) is 0.636. The van der Waals surface area contributed by atoms with Gasteiger partial charge in [0.1, 0.15) is 0 Å². The summed E-state index contributed by atoms with van der Waals surface area (Å²) in [5.41, 5.74) is 4.12. The number of methoxy groups -OCH3 is 1. The van der Waals surface area contributed by atoms with Gasteiger partial charge in [-0.15, -0.1) is 0 Å². The number of hydrazone groups is 1. The highest BCUT2D eigenvalue weighted by Crippen LogP contribution is 2.39. The van der Waals surface area contributed by atoms with Gasteiger partial charge in [-0.25, -0.2) is 0 Å². The van der Waals surface area contributed by atoms with Gasteiger partial charge in [0, 0.05) is 25.3 Å². The Labute approximate surface area is 101 Å². The van der Waals surface area contributed by atoms with Crippen LogP contribution in [0.25, 0.3) is 0 Å². The maximum absolute atomic E-state index is 5.08. The molecule has 16 heavy (non-hydrogen) atoms. The highest BCUT2D eigenvalue weighted by Gasteiger charge is 2.37. The first-order valence-electron chi connectivity index (χ1n) is 5.57. The summed E-state index contributed by atoms with van der Waals surface area (Å²) in [4.78, 5) is 0. The molecule has 2 aliphatic carbocycles. The van der Waals surface area contributed by atoms with E-state index >= 15 is 0 Å². The summed E-state index contributed by atoms with van der Waals surface area (Å²) in [6.07, 6.45) is 6.75. The van der Waals surface area contributed by atoms with Crippen LogP contribution in [0.2, 0.25) is 0 Å². The van der Waals surface area contributed by atoms with Gasteiger partial charge in [-0.2, -0.15) is 5.10 Å². The van der Waals surface area contributed by atoms with Crippen LogP contribution < -0.4 is 10.7 Å². The lowest BCUT2D eigenvalue weighted by atomic mass is 9.74. The molecule has 0 aromatic heterocycles. The molecule has 0 amide bonds. The van der Waals surface area contributed by atoms with E-state index < -0.39 is 0 Å². The molecule has 2 atom stereocenters. The molecule has 1 fully saturated rings. The molecule has 0 unspecified atom stereocenters. The van der Waals surface area contributed by atoms with Gasteiger partial charge in [-0.05, 0) is 31.0 Å². The Morgan fingerprint density at radius 2 is 2.56 bits per heavy atom. The Balaban J connectivity index is 1.67. The minimum Gasteiger partial charge on any atom is -0.383 e. The molecule has 0 heterocycles. The highest BCUT2D eigenvalue weighted by molar-refractivity contribution is 7.80. The molecule has 2 aliphatic rings. The largest absolute Gasteiger partial charge is 0.383 e. The number of hydrogen-bond donors (Lipinski definition) is 2. The first-order valence-corrected chi connectivity index (χ1v) is 5.98. The lowest BCUT2D eigenvalue weighted by molar-refractivity contribution is 0.204. The molecule has 0 aromatic carbocycles. The molecule has 2 N–H and O–H groups in total. The Bertz CT molecular complexity index is 327. The first-order chi connectivity index (χ1) is 7.81. The van der Waals surface area contributed by atoms with E-state index in [-0.39, 0.29) is 0 Å². The predicted octanol–water partition coefficient (Wildman–Crippen LogP) is 1.05. The summed E-state index contributed by atoms with van der Waals surface area (Å²) in [5.74, 6) is 1.37. The van der Waals surface area contributed by atoms with Crippen LogP contribution in [-0.2, 0) is 4.74 Å². The van der Waals surface area contributed by atoms with E-state index in [1.54, 1.807) is 7.11 Å². The molecule has 0 saturated heterocycles. The second-order valence-electron chi connectivity index (χ2n) is 4.10. The lowest BCUT2D eigenvalue weighted by Gasteiger charge is -2.31. The van der Waals surface area contributed by atoms with Gasteiger partial charge in [0.2, 0.25) is 0 Å². The molecule has 0 aliphatic heterocycles. The SMILES string of the molecule is COCCNC(=S)N/N=C1/C[C@H]2C=CC[C@H]12. The molecular formula is C11H17N3OS. The van der Waals surface area contributed by atoms with Crippen molar-refractivity contribution in [3.63, 3.8) is 0 Å². The minimum absolute atomic E-state index is 0.568. The monoisotopic (exact) mass is 239 g/mol. The molecule has 88 valence electrons. The maximum atomic E-state index is 5.08. The van der Waals surface area contributed by atoms with Crippen LogP contribution in [0.1, 0.15) is 12.8 Å². The van der Waals surface area contributed by atoms with E-state index in [2.05, 4.69) is 28.0 Å². The van der Waals surface area contributed by atoms with Crippen molar-refractivity contribution in [1.29, 1.82) is 0 Å². The summed E-state index contributed by atoms with van der Waals surface area (Å²) in [5, 5.41) is 7.92. The molecule has 1 saturated carbocycles. The Morgan fingerprint density at radius 3 is 3.31 bits per heavy atom. The van der Waals surface area contributed by atoms with Crippen molar-refractivity contribution in [1.82, 2.24) is 10.7 Å². The predicted molar refractivity (Wildman–Crippen MR) is 68.4 cm³/mol. The van der Waals surface area contributed by atoms with Gasteiger partial charge < -0.3 is 10.1 Å². The average Bonchev–Trinajstić information content (AvgIpc) is 2.61. The zero-order chi connectivity index (χ0) is 11.4. The summed E-state index contributed by atoms with van der Waals surface area (Å²) in [6.45, 7) is 1.35. The van der Waals surface area contributed by atoms with Gasteiger partial charge in [0.25, 0.3) is 0 Å². The second kappa shape index (κ2) is 5.41. The first kappa shape index (κ1) is 11.5. The van der Waals surface area contributed by atoms with Crippen LogP contribution in [0.4, 0.5) is 0 Å². The smallest absolute Gasteiger partial charge is 0.187 e. The quantitative estimate of drug-likeness (QED) is 0.333. The number of thiocarbonyl (C=S) groups is 1. The van der Waals surface area contributed by atoms with Crippen molar-refractivity contribution in [2.24, 2.45) is 16.9 Å². The minimum atomic E-state index is 0.568. The van der Waals surface area contributed by atoms with Crippen LogP contribution in [0.5, 0.6) is 0 Å². The van der Waals surface area contributed by atoms with Crippen LogP contribution in [0.15, 0.2) is 17.3 Å². The zero-order valence-electron chi connectivity index (χ0n) is 9.40. The molecule has 0 spiro atoms. The maximum Gasteiger partial charge on any atom is 0.187 e. The van der Waals surface area contributed by atoms with Gasteiger partial charge in [-0.1, -0.05) is 12.2 Å². The van der Waals surface area contributed by atoms with Crippen molar-refractivity contribution >= 4 is 23.0 Å². The van der Waals surface area contributed by atoms with Crippen molar-refractivity contribution in [3.8, 4) is 0 Å². The van der Waals surface area contributed by atoms with Gasteiger partial charge in [0.15, 0.2) is 5.11 Å². The fourth-order valence-corrected chi connectivity index (χ4v) is 2.24. The number of hydrogen-bond acceptors (Lipinski definition) is 3. The number of rotatable bonds is 4. The van der Waals surface area contributed by atoms with Crippen molar-refractivity contribution in [2.75, 3.05) is 20.3 Å². The van der Waals surface area contributed by atoms with Gasteiger partial charge in [0.05, 0.1) is 6.61 Å². The molecule has 0 bridgehead atoms. The van der Waals surface area contributed by atoms with E-state index in [0.29, 0.717) is 24.2 Å². The highest BCUT2D eigenvalue weighted by atomic mass is 32.1. The molecule has 0 aromatic rings. The average molecular weight is 239 g/mol. The van der Waals surface area contributed by atoms with E-state index in [0.717, 1.165) is 18.8 Å². The van der Waals surface area contributed by atoms with Crippen LogP contribution in [0, 0.1) is 11.8 Å². The van der Waals surface area contributed by atoms with E-state index in [1.165, 1.54) is 5.71 Å². The van der Waals surface area contributed by atoms with Crippen LogP contribution >= 0.6 is 12.2 Å². The van der Waals surface area contributed by atoms with E-state index in [4.69, 9.17) is 17.0 Å². The van der Waals surface area contributed by atoms with Crippen molar-refractivity contribution < 1.29 is 4.74 Å². The summed E-state index contributed by atoms with van der Waals surface area (Å²) in [7, 11) is 1.67. The van der Waals surface area contributed by atoms with Crippen molar-refractivity contribution in [3.05, 3.63) is 12.2 Å². The fourth-order valence-electron chi connectivity index (χ4n) is 2.09. The number of ether oxygens (including phenoxy) is 1. The van der Waals surface area contributed by atoms with Crippen LogP contribution in [-0.4, -0.2) is 31.1 Å². The summed E-state index contributed by atoms with van der Waals surface area (Å²) < 4.78 is 4.91. The van der Waals surface area contributed by atoms with Crippen molar-refractivity contribution in [2.45, 2.75) is 12.8 Å². The molecule has 5 heteroatoms. The Hall–Kier alpha value is -0.940. The molecule has 2 rings (SSSR count). The molecule has 4 nitrogen and oxygen atoms in total. The summed E-state index contributed by atoms with van der Waals surface area (Å²) in [6, 6.07) is 0. The Morgan fingerprint density at radius 1 is 1.69 bits per heavy atom. The summed E-state index contributed by atoms with van der Waals surface area (Å²) >= 11 is 5.08.